The largest absolute Gasteiger partial charge is 0.444 e. The van der Waals surface area contributed by atoms with E-state index in [2.05, 4.69) is 16.0 Å². The Morgan fingerprint density at radius 2 is 1.40 bits per heavy atom. The normalized spacial score (nSPS) is 13.6. The first-order valence-corrected chi connectivity index (χ1v) is 8.57. The van der Waals surface area contributed by atoms with Crippen molar-refractivity contribution in [3.63, 3.8) is 0 Å². The van der Waals surface area contributed by atoms with E-state index < -0.39 is 23.2 Å². The summed E-state index contributed by atoms with van der Waals surface area (Å²) in [5.74, 6) is -0.613. The van der Waals surface area contributed by atoms with Crippen LogP contribution in [-0.4, -0.2) is 42.6 Å². The van der Waals surface area contributed by atoms with E-state index in [1.807, 2.05) is 20.8 Å². The molecular formula is C18H35N3O4. The molecule has 0 rings (SSSR count). The van der Waals surface area contributed by atoms with Crippen LogP contribution in [0.5, 0.6) is 0 Å². The Hall–Kier alpha value is -1.79. The standard InChI is InChI=1S/C18H35N3O4/c1-16(2,3)11-20-13(22)12(21-14(23)17(4,5)6)10-19-15(24)25-18(7,8)9/h12H,10-11H2,1-9H3,(H,19,24)(H,20,22)(H,21,23). The van der Waals surface area contributed by atoms with Crippen molar-refractivity contribution >= 4 is 17.9 Å². The predicted octanol–water partition coefficient (Wildman–Crippen LogP) is 2.20. The molecule has 0 saturated carbocycles. The fraction of sp³-hybridized carbons (Fsp3) is 0.833. The van der Waals surface area contributed by atoms with Gasteiger partial charge in [-0.1, -0.05) is 41.5 Å². The van der Waals surface area contributed by atoms with Gasteiger partial charge in [-0.25, -0.2) is 4.79 Å². The van der Waals surface area contributed by atoms with Crippen LogP contribution in [0.3, 0.4) is 0 Å². The Morgan fingerprint density at radius 1 is 0.880 bits per heavy atom. The molecule has 0 saturated heterocycles. The molecule has 0 aromatic heterocycles. The Labute approximate surface area is 151 Å². The van der Waals surface area contributed by atoms with Crippen LogP contribution in [0, 0.1) is 10.8 Å². The molecule has 7 nitrogen and oxygen atoms in total. The molecule has 3 N–H and O–H groups in total. The molecule has 0 bridgehead atoms. The Morgan fingerprint density at radius 3 is 1.80 bits per heavy atom. The highest BCUT2D eigenvalue weighted by Gasteiger charge is 2.29. The van der Waals surface area contributed by atoms with E-state index in [0.29, 0.717) is 6.54 Å². The summed E-state index contributed by atoms with van der Waals surface area (Å²) in [5.41, 5.74) is -1.37. The van der Waals surface area contributed by atoms with Crippen molar-refractivity contribution in [1.29, 1.82) is 0 Å². The number of carbonyl (C=O) groups is 3. The molecular weight excluding hydrogens is 322 g/mol. The van der Waals surface area contributed by atoms with Gasteiger partial charge in [-0.2, -0.15) is 0 Å². The minimum absolute atomic E-state index is 0.0489. The lowest BCUT2D eigenvalue weighted by atomic mass is 9.95. The van der Waals surface area contributed by atoms with E-state index in [1.54, 1.807) is 41.5 Å². The van der Waals surface area contributed by atoms with Crippen LogP contribution < -0.4 is 16.0 Å². The fourth-order valence-corrected chi connectivity index (χ4v) is 1.56. The minimum atomic E-state index is -0.874. The predicted molar refractivity (Wildman–Crippen MR) is 98.1 cm³/mol. The topological polar surface area (TPSA) is 96.5 Å². The van der Waals surface area contributed by atoms with E-state index >= 15 is 0 Å². The SMILES string of the molecule is CC(C)(C)CNC(=O)C(CNC(=O)OC(C)(C)C)NC(=O)C(C)(C)C. The van der Waals surface area contributed by atoms with Crippen LogP contribution in [0.25, 0.3) is 0 Å². The van der Waals surface area contributed by atoms with Crippen molar-refractivity contribution in [2.45, 2.75) is 74.0 Å². The number of alkyl carbamates (subject to hydrolysis) is 1. The van der Waals surface area contributed by atoms with Crippen LogP contribution in [0.1, 0.15) is 62.3 Å². The number of amides is 3. The average Bonchev–Trinajstić information content (AvgIpc) is 2.36. The molecule has 0 aliphatic heterocycles. The van der Waals surface area contributed by atoms with Crippen LogP contribution in [-0.2, 0) is 14.3 Å². The van der Waals surface area contributed by atoms with Gasteiger partial charge in [0.05, 0.1) is 6.54 Å². The highest BCUT2D eigenvalue weighted by atomic mass is 16.6. The zero-order valence-corrected chi connectivity index (χ0v) is 17.1. The van der Waals surface area contributed by atoms with E-state index in [-0.39, 0.29) is 23.8 Å². The van der Waals surface area contributed by atoms with Crippen molar-refractivity contribution in [1.82, 2.24) is 16.0 Å². The van der Waals surface area contributed by atoms with Crippen molar-refractivity contribution in [2.24, 2.45) is 10.8 Å². The Bertz CT molecular complexity index is 482. The molecule has 3 amide bonds. The Balaban J connectivity index is 4.92. The van der Waals surface area contributed by atoms with Gasteiger partial charge in [0.25, 0.3) is 0 Å². The molecule has 0 fully saturated rings. The lowest BCUT2D eigenvalue weighted by Crippen LogP contribution is -2.55. The van der Waals surface area contributed by atoms with Crippen LogP contribution in [0.4, 0.5) is 4.79 Å². The smallest absolute Gasteiger partial charge is 0.407 e. The number of nitrogens with one attached hydrogen (secondary N) is 3. The van der Waals surface area contributed by atoms with Crippen LogP contribution in [0.15, 0.2) is 0 Å². The monoisotopic (exact) mass is 357 g/mol. The number of rotatable bonds is 5. The molecule has 1 unspecified atom stereocenters. The van der Waals surface area contributed by atoms with E-state index in [0.717, 1.165) is 0 Å². The third kappa shape index (κ3) is 11.4. The van der Waals surface area contributed by atoms with Gasteiger partial charge in [0.1, 0.15) is 11.6 Å². The van der Waals surface area contributed by atoms with Crippen molar-refractivity contribution in [3.8, 4) is 0 Å². The minimum Gasteiger partial charge on any atom is -0.444 e. The van der Waals surface area contributed by atoms with E-state index in [9.17, 15) is 14.4 Å². The number of carbonyl (C=O) groups excluding carboxylic acids is 3. The van der Waals surface area contributed by atoms with Gasteiger partial charge in [0, 0.05) is 12.0 Å². The maximum Gasteiger partial charge on any atom is 0.407 e. The molecule has 7 heteroatoms. The van der Waals surface area contributed by atoms with E-state index in [4.69, 9.17) is 4.74 Å². The molecule has 0 aromatic carbocycles. The summed E-state index contributed by atoms with van der Waals surface area (Å²) in [6.07, 6.45) is -0.633. The summed E-state index contributed by atoms with van der Waals surface area (Å²) in [6.45, 7) is 16.9. The van der Waals surface area contributed by atoms with Crippen molar-refractivity contribution < 1.29 is 19.1 Å². The molecule has 0 aromatic rings. The third-order valence-corrected chi connectivity index (χ3v) is 2.95. The summed E-state index contributed by atoms with van der Waals surface area (Å²) in [5, 5.41) is 8.03. The molecule has 0 heterocycles. The lowest BCUT2D eigenvalue weighted by molar-refractivity contribution is -0.133. The van der Waals surface area contributed by atoms with Gasteiger partial charge in [0.15, 0.2) is 0 Å². The molecule has 1 atom stereocenters. The summed E-state index contributed by atoms with van der Waals surface area (Å²) in [4.78, 5) is 36.5. The van der Waals surface area contributed by atoms with Crippen molar-refractivity contribution in [3.05, 3.63) is 0 Å². The quantitative estimate of drug-likeness (QED) is 0.703. The van der Waals surface area contributed by atoms with Gasteiger partial charge in [-0.15, -0.1) is 0 Å². The zero-order chi connectivity index (χ0) is 20.1. The average molecular weight is 357 g/mol. The molecule has 0 aliphatic rings. The first kappa shape index (κ1) is 23.2. The van der Waals surface area contributed by atoms with Gasteiger partial charge < -0.3 is 20.7 Å². The highest BCUT2D eigenvalue weighted by Crippen LogP contribution is 2.13. The van der Waals surface area contributed by atoms with Crippen LogP contribution in [0.2, 0.25) is 0 Å². The van der Waals surface area contributed by atoms with Gasteiger partial charge in [-0.05, 0) is 26.2 Å². The summed E-state index contributed by atoms with van der Waals surface area (Å²) in [7, 11) is 0. The highest BCUT2D eigenvalue weighted by molar-refractivity contribution is 5.90. The van der Waals surface area contributed by atoms with Crippen LogP contribution >= 0.6 is 0 Å². The second kappa shape index (κ2) is 8.54. The molecule has 0 radical (unpaired) electrons. The second-order valence-corrected chi connectivity index (χ2v) is 9.44. The summed E-state index contributed by atoms with van der Waals surface area (Å²) in [6, 6.07) is -0.874. The number of hydrogen-bond donors (Lipinski definition) is 3. The lowest BCUT2D eigenvalue weighted by Gasteiger charge is -2.26. The van der Waals surface area contributed by atoms with Gasteiger partial charge >= 0.3 is 6.09 Å². The first-order valence-electron chi connectivity index (χ1n) is 8.57. The number of ether oxygens (including phenoxy) is 1. The van der Waals surface area contributed by atoms with Crippen molar-refractivity contribution in [2.75, 3.05) is 13.1 Å². The van der Waals surface area contributed by atoms with Gasteiger partial charge in [0.2, 0.25) is 11.8 Å². The zero-order valence-electron chi connectivity index (χ0n) is 17.1. The maximum absolute atomic E-state index is 12.4. The van der Waals surface area contributed by atoms with Gasteiger partial charge in [-0.3, -0.25) is 9.59 Å². The second-order valence-electron chi connectivity index (χ2n) is 9.44. The molecule has 0 spiro atoms. The van der Waals surface area contributed by atoms with E-state index in [1.165, 1.54) is 0 Å². The molecule has 0 aliphatic carbocycles. The molecule has 25 heavy (non-hydrogen) atoms. The Kier molecular flexibility index (Phi) is 7.93. The summed E-state index contributed by atoms with van der Waals surface area (Å²) >= 11 is 0. The first-order chi connectivity index (χ1) is 11.0. The summed E-state index contributed by atoms with van der Waals surface area (Å²) < 4.78 is 5.16. The third-order valence-electron chi connectivity index (χ3n) is 2.95. The number of hydrogen-bond acceptors (Lipinski definition) is 4. The fourth-order valence-electron chi connectivity index (χ4n) is 1.56. The molecule has 146 valence electrons. The maximum atomic E-state index is 12.4.